The van der Waals surface area contributed by atoms with Crippen LogP contribution in [0.1, 0.15) is 30.0 Å². The Hall–Kier alpha value is -1.39. The van der Waals surface area contributed by atoms with E-state index in [1.807, 2.05) is 24.3 Å². The first-order chi connectivity index (χ1) is 8.75. The van der Waals surface area contributed by atoms with Crippen LogP contribution in [0.3, 0.4) is 0 Å². The van der Waals surface area contributed by atoms with Gasteiger partial charge in [-0.1, -0.05) is 24.3 Å². The van der Waals surface area contributed by atoms with Crippen molar-refractivity contribution in [3.8, 4) is 0 Å². The Morgan fingerprint density at radius 3 is 3.00 bits per heavy atom. The average molecular weight is 247 g/mol. The Labute approximate surface area is 106 Å². The number of carbonyl (C=O) groups is 1. The van der Waals surface area contributed by atoms with Crippen molar-refractivity contribution in [2.45, 2.75) is 37.5 Å². The van der Waals surface area contributed by atoms with Gasteiger partial charge in [-0.15, -0.1) is 0 Å². The van der Waals surface area contributed by atoms with Gasteiger partial charge in [0, 0.05) is 13.0 Å². The Morgan fingerprint density at radius 2 is 2.22 bits per heavy atom. The van der Waals surface area contributed by atoms with E-state index in [0.717, 1.165) is 24.0 Å². The van der Waals surface area contributed by atoms with Crippen LogP contribution in [0.4, 0.5) is 0 Å². The lowest BCUT2D eigenvalue weighted by molar-refractivity contribution is -0.131. The van der Waals surface area contributed by atoms with Gasteiger partial charge in [-0.05, 0) is 24.0 Å². The number of hydrogen-bond acceptors (Lipinski definition) is 3. The molecule has 96 valence electrons. The lowest BCUT2D eigenvalue weighted by Crippen LogP contribution is -2.40. The second-order valence-corrected chi connectivity index (χ2v) is 4.96. The summed E-state index contributed by atoms with van der Waals surface area (Å²) in [5.74, 6) is -0.103. The minimum Gasteiger partial charge on any atom is -0.390 e. The minimum atomic E-state index is -0.534. The van der Waals surface area contributed by atoms with Crippen molar-refractivity contribution in [1.82, 2.24) is 5.32 Å². The van der Waals surface area contributed by atoms with Crippen molar-refractivity contribution in [3.63, 3.8) is 0 Å². The van der Waals surface area contributed by atoms with E-state index in [0.29, 0.717) is 13.0 Å². The van der Waals surface area contributed by atoms with Crippen molar-refractivity contribution >= 4 is 5.91 Å². The van der Waals surface area contributed by atoms with Crippen molar-refractivity contribution in [1.29, 1.82) is 0 Å². The number of rotatable bonds is 2. The van der Waals surface area contributed by atoms with Gasteiger partial charge in [0.1, 0.15) is 6.10 Å². The van der Waals surface area contributed by atoms with E-state index < -0.39 is 6.10 Å². The Morgan fingerprint density at radius 1 is 1.39 bits per heavy atom. The molecule has 0 saturated carbocycles. The topological polar surface area (TPSA) is 58.6 Å². The van der Waals surface area contributed by atoms with Crippen LogP contribution in [-0.4, -0.2) is 29.8 Å². The molecule has 1 saturated heterocycles. The molecule has 1 fully saturated rings. The molecule has 1 heterocycles. The van der Waals surface area contributed by atoms with Crippen LogP contribution in [0, 0.1) is 0 Å². The molecule has 1 amide bonds. The largest absolute Gasteiger partial charge is 0.390 e. The number of aliphatic hydroxyl groups is 1. The van der Waals surface area contributed by atoms with Gasteiger partial charge in [-0.2, -0.15) is 0 Å². The first kappa shape index (κ1) is 11.7. The highest BCUT2D eigenvalue weighted by molar-refractivity contribution is 5.81. The van der Waals surface area contributed by atoms with Crippen LogP contribution in [0.25, 0.3) is 0 Å². The van der Waals surface area contributed by atoms with Gasteiger partial charge in [0.25, 0.3) is 0 Å². The lowest BCUT2D eigenvalue weighted by atomic mass is 10.1. The standard InChI is InChI=1S/C14H17NO3/c16-11-8-9-4-1-2-5-10(9)13(11)15-14(17)12-6-3-7-18-12/h1-2,4-5,11-13,16H,3,6-8H2,(H,15,17)/t11-,12+,13+/m1/s1. The number of carbonyl (C=O) groups excluding carboxylic acids is 1. The Kier molecular flexibility index (Phi) is 3.06. The molecule has 4 nitrogen and oxygen atoms in total. The summed E-state index contributed by atoms with van der Waals surface area (Å²) in [6, 6.07) is 7.55. The summed E-state index contributed by atoms with van der Waals surface area (Å²) in [6.45, 7) is 0.655. The number of hydrogen-bond donors (Lipinski definition) is 2. The third-order valence-electron chi connectivity index (χ3n) is 3.72. The van der Waals surface area contributed by atoms with E-state index >= 15 is 0 Å². The van der Waals surface area contributed by atoms with Crippen molar-refractivity contribution in [2.24, 2.45) is 0 Å². The number of ether oxygens (including phenoxy) is 1. The van der Waals surface area contributed by atoms with Gasteiger partial charge in [0.05, 0.1) is 12.1 Å². The second kappa shape index (κ2) is 4.71. The summed E-state index contributed by atoms with van der Waals surface area (Å²) in [5.41, 5.74) is 2.14. The normalized spacial score (nSPS) is 30.2. The van der Waals surface area contributed by atoms with Crippen molar-refractivity contribution < 1.29 is 14.6 Å². The van der Waals surface area contributed by atoms with Crippen LogP contribution in [0.5, 0.6) is 0 Å². The molecular formula is C14H17NO3. The van der Waals surface area contributed by atoms with E-state index in [4.69, 9.17) is 4.74 Å². The zero-order valence-corrected chi connectivity index (χ0v) is 10.1. The molecule has 1 aliphatic heterocycles. The first-order valence-corrected chi connectivity index (χ1v) is 6.43. The van der Waals surface area contributed by atoms with Crippen LogP contribution >= 0.6 is 0 Å². The molecule has 3 rings (SSSR count). The molecular weight excluding hydrogens is 230 g/mol. The summed E-state index contributed by atoms with van der Waals surface area (Å²) < 4.78 is 5.35. The van der Waals surface area contributed by atoms with Crippen LogP contribution < -0.4 is 5.32 Å². The summed E-state index contributed by atoms with van der Waals surface area (Å²) >= 11 is 0. The van der Waals surface area contributed by atoms with Crippen LogP contribution in [-0.2, 0) is 16.0 Å². The Balaban J connectivity index is 1.74. The van der Waals surface area contributed by atoms with E-state index in [2.05, 4.69) is 5.32 Å². The SMILES string of the molecule is O=C(N[C@H]1c2ccccc2C[C@H]1O)[C@@H]1CCCO1. The predicted molar refractivity (Wildman–Crippen MR) is 66.0 cm³/mol. The molecule has 4 heteroatoms. The molecule has 0 unspecified atom stereocenters. The molecule has 1 aromatic carbocycles. The third-order valence-corrected chi connectivity index (χ3v) is 3.72. The van der Waals surface area contributed by atoms with Gasteiger partial charge in [-0.25, -0.2) is 0 Å². The van der Waals surface area contributed by atoms with Crippen LogP contribution in [0.2, 0.25) is 0 Å². The zero-order chi connectivity index (χ0) is 12.5. The maximum Gasteiger partial charge on any atom is 0.249 e. The maximum absolute atomic E-state index is 12.0. The quantitative estimate of drug-likeness (QED) is 0.817. The molecule has 0 radical (unpaired) electrons. The monoisotopic (exact) mass is 247 g/mol. The van der Waals surface area contributed by atoms with Gasteiger partial charge < -0.3 is 15.2 Å². The molecule has 0 bridgehead atoms. The highest BCUT2D eigenvalue weighted by Gasteiger charge is 2.34. The number of amides is 1. The fourth-order valence-electron chi connectivity index (χ4n) is 2.78. The van der Waals surface area contributed by atoms with Gasteiger partial charge in [-0.3, -0.25) is 4.79 Å². The molecule has 18 heavy (non-hydrogen) atoms. The second-order valence-electron chi connectivity index (χ2n) is 4.96. The van der Waals surface area contributed by atoms with Gasteiger partial charge >= 0.3 is 0 Å². The number of nitrogens with one attached hydrogen (secondary N) is 1. The number of fused-ring (bicyclic) bond motifs is 1. The summed E-state index contributed by atoms with van der Waals surface area (Å²) in [4.78, 5) is 12.0. The lowest BCUT2D eigenvalue weighted by Gasteiger charge is -2.20. The summed E-state index contributed by atoms with van der Waals surface area (Å²) in [5, 5.41) is 13.0. The molecule has 0 aromatic heterocycles. The van der Waals surface area contributed by atoms with Crippen LogP contribution in [0.15, 0.2) is 24.3 Å². The fraction of sp³-hybridized carbons (Fsp3) is 0.500. The first-order valence-electron chi connectivity index (χ1n) is 6.43. The highest BCUT2D eigenvalue weighted by atomic mass is 16.5. The smallest absolute Gasteiger partial charge is 0.249 e. The summed E-state index contributed by atoms with van der Waals surface area (Å²) in [6.07, 6.45) is 1.43. The summed E-state index contributed by atoms with van der Waals surface area (Å²) in [7, 11) is 0. The number of benzene rings is 1. The molecule has 1 aliphatic carbocycles. The average Bonchev–Trinajstić information content (AvgIpc) is 2.98. The number of aliphatic hydroxyl groups excluding tert-OH is 1. The zero-order valence-electron chi connectivity index (χ0n) is 10.1. The van der Waals surface area contributed by atoms with Gasteiger partial charge in [0.15, 0.2) is 0 Å². The minimum absolute atomic E-state index is 0.103. The van der Waals surface area contributed by atoms with E-state index in [9.17, 15) is 9.90 Å². The van der Waals surface area contributed by atoms with E-state index in [1.54, 1.807) is 0 Å². The molecule has 2 N–H and O–H groups in total. The van der Waals surface area contributed by atoms with Crippen molar-refractivity contribution in [2.75, 3.05) is 6.61 Å². The predicted octanol–water partition coefficient (Wildman–Crippen LogP) is 0.940. The Bertz CT molecular complexity index is 454. The molecule has 2 aliphatic rings. The third kappa shape index (κ3) is 2.02. The molecule has 0 spiro atoms. The maximum atomic E-state index is 12.0. The van der Waals surface area contributed by atoms with E-state index in [-0.39, 0.29) is 18.1 Å². The highest BCUT2D eigenvalue weighted by Crippen LogP contribution is 2.31. The van der Waals surface area contributed by atoms with Crippen molar-refractivity contribution in [3.05, 3.63) is 35.4 Å². The fourth-order valence-corrected chi connectivity index (χ4v) is 2.78. The van der Waals surface area contributed by atoms with E-state index in [1.165, 1.54) is 0 Å². The van der Waals surface area contributed by atoms with Gasteiger partial charge in [0.2, 0.25) is 5.91 Å². The molecule has 1 aromatic rings. The molecule has 3 atom stereocenters.